The lowest BCUT2D eigenvalue weighted by Crippen LogP contribution is -2.44. The number of urea groups is 1. The van der Waals surface area contributed by atoms with Crippen LogP contribution in [0.2, 0.25) is 0 Å². The van der Waals surface area contributed by atoms with Crippen LogP contribution >= 0.6 is 0 Å². The van der Waals surface area contributed by atoms with E-state index in [0.29, 0.717) is 19.2 Å². The molecule has 2 fully saturated rings. The molecule has 0 atom stereocenters. The molecule has 0 aromatic heterocycles. The number of rotatable bonds is 17. The largest absolute Gasteiger partial charge is 0.493 e. The summed E-state index contributed by atoms with van der Waals surface area (Å²) in [7, 11) is 1.69. The van der Waals surface area contributed by atoms with Gasteiger partial charge in [0.2, 0.25) is 0 Å². The number of unbranched alkanes of at least 4 members (excludes halogenated alkanes) is 2. The van der Waals surface area contributed by atoms with Crippen molar-refractivity contribution in [3.63, 3.8) is 0 Å². The molecule has 10 nitrogen and oxygen atoms in total. The molecule has 1 saturated carbocycles. The van der Waals surface area contributed by atoms with E-state index in [2.05, 4.69) is 38.3 Å². The van der Waals surface area contributed by atoms with Crippen molar-refractivity contribution in [2.24, 2.45) is 0 Å². The Morgan fingerprint density at radius 2 is 1.51 bits per heavy atom. The van der Waals surface area contributed by atoms with E-state index >= 15 is 0 Å². The van der Waals surface area contributed by atoms with Crippen LogP contribution in [0.3, 0.4) is 0 Å². The minimum absolute atomic E-state index is 0.122. The van der Waals surface area contributed by atoms with E-state index in [1.807, 2.05) is 60.7 Å². The number of para-hydroxylation sites is 1. The fraction of sp³-hybridized carbons (Fsp3) is 0.487. The number of carbonyl (C=O) groups is 2. The Bertz CT molecular complexity index is 1440. The van der Waals surface area contributed by atoms with Crippen molar-refractivity contribution in [1.82, 2.24) is 20.9 Å². The second-order valence-electron chi connectivity index (χ2n) is 12.9. The number of ether oxygens (including phenoxy) is 3. The molecule has 10 heteroatoms. The predicted octanol–water partition coefficient (Wildman–Crippen LogP) is 6.96. The van der Waals surface area contributed by atoms with Crippen LogP contribution in [0.15, 0.2) is 72.8 Å². The smallest absolute Gasteiger partial charge is 0.411 e. The first-order chi connectivity index (χ1) is 24.1. The van der Waals surface area contributed by atoms with Crippen LogP contribution in [-0.2, 0) is 11.3 Å². The second kappa shape index (κ2) is 19.7. The van der Waals surface area contributed by atoms with Crippen LogP contribution in [0.4, 0.5) is 15.3 Å². The number of hydrogen-bond donors (Lipinski definition) is 4. The molecule has 4 N–H and O–H groups in total. The van der Waals surface area contributed by atoms with Crippen LogP contribution in [-0.4, -0.2) is 75.6 Å². The van der Waals surface area contributed by atoms with Gasteiger partial charge in [-0.1, -0.05) is 61.0 Å². The van der Waals surface area contributed by atoms with Crippen molar-refractivity contribution in [2.75, 3.05) is 51.7 Å². The number of benzene rings is 3. The summed E-state index contributed by atoms with van der Waals surface area (Å²) in [6.07, 6.45) is 9.04. The Morgan fingerprint density at radius 3 is 2.31 bits per heavy atom. The third-order valence-corrected chi connectivity index (χ3v) is 9.24. The summed E-state index contributed by atoms with van der Waals surface area (Å²) in [5.74, 6) is 1.64. The van der Waals surface area contributed by atoms with E-state index in [9.17, 15) is 9.59 Å². The van der Waals surface area contributed by atoms with E-state index in [0.717, 1.165) is 106 Å². The minimum Gasteiger partial charge on any atom is -0.493 e. The molecule has 0 unspecified atom stereocenters. The lowest BCUT2D eigenvalue weighted by molar-refractivity contribution is 0.0594. The molecule has 0 radical (unpaired) electrons. The highest BCUT2D eigenvalue weighted by Crippen LogP contribution is 2.32. The van der Waals surface area contributed by atoms with Gasteiger partial charge in [-0.2, -0.15) is 0 Å². The standard InChI is InChI=1S/C39H53N5O5/c1-47-36-19-18-30(28-37(36)48-32-14-6-7-15-32)29-40-22-10-3-11-23-41-38(45)42-24-27-44-25-20-33(21-26-44)49-39(46)43-35-17-9-8-16-34(35)31-12-4-2-5-13-31/h2,4-5,8-9,12-13,16-19,28,32-33,40H,3,6-7,10-11,14-15,20-27,29H2,1H3,(H,43,46)(H2,41,42,45). The lowest BCUT2D eigenvalue weighted by atomic mass is 10.0. The molecule has 1 aliphatic heterocycles. The summed E-state index contributed by atoms with van der Waals surface area (Å²) in [5.41, 5.74) is 3.92. The van der Waals surface area contributed by atoms with Crippen LogP contribution in [0.25, 0.3) is 11.1 Å². The average molecular weight is 672 g/mol. The Morgan fingerprint density at radius 1 is 0.776 bits per heavy atom. The molecule has 0 bridgehead atoms. The monoisotopic (exact) mass is 671 g/mol. The Kier molecular flexibility index (Phi) is 14.4. The molecule has 264 valence electrons. The second-order valence-corrected chi connectivity index (χ2v) is 12.9. The highest BCUT2D eigenvalue weighted by molar-refractivity contribution is 5.91. The first kappa shape index (κ1) is 36.0. The summed E-state index contributed by atoms with van der Waals surface area (Å²) in [4.78, 5) is 27.2. The van der Waals surface area contributed by atoms with Crippen molar-refractivity contribution < 1.29 is 23.8 Å². The Balaban J connectivity index is 0.868. The Labute approximate surface area is 291 Å². The van der Waals surface area contributed by atoms with Gasteiger partial charge in [-0.05, 0) is 87.2 Å². The molecule has 1 heterocycles. The SMILES string of the molecule is COc1ccc(CNCCCCCNC(=O)NCCN2CCC(OC(=O)Nc3ccccc3-c3ccccc3)CC2)cc1OC1CCCC1. The number of likely N-dealkylation sites (tertiary alicyclic amines) is 1. The van der Waals surface area contributed by atoms with E-state index < -0.39 is 6.09 Å². The number of methoxy groups -OCH3 is 1. The van der Waals surface area contributed by atoms with Gasteiger partial charge in [0.05, 0.1) is 18.9 Å². The maximum Gasteiger partial charge on any atom is 0.411 e. The molecule has 0 spiro atoms. The Hall–Kier alpha value is -4.28. The molecule has 2 aliphatic rings. The third-order valence-electron chi connectivity index (χ3n) is 9.24. The molecule has 3 aromatic rings. The number of amides is 3. The van der Waals surface area contributed by atoms with Crippen LogP contribution in [0.1, 0.15) is 63.4 Å². The van der Waals surface area contributed by atoms with E-state index in [1.165, 1.54) is 18.4 Å². The summed E-state index contributed by atoms with van der Waals surface area (Å²) in [6, 6.07) is 23.8. The fourth-order valence-electron chi connectivity index (χ4n) is 6.49. The van der Waals surface area contributed by atoms with Crippen LogP contribution < -0.4 is 30.7 Å². The van der Waals surface area contributed by atoms with E-state index in [1.54, 1.807) is 7.11 Å². The van der Waals surface area contributed by atoms with Crippen LogP contribution in [0, 0.1) is 0 Å². The van der Waals surface area contributed by atoms with Gasteiger partial charge in [0.25, 0.3) is 0 Å². The summed E-state index contributed by atoms with van der Waals surface area (Å²) < 4.78 is 17.5. The molecule has 3 aromatic carbocycles. The molecular weight excluding hydrogens is 618 g/mol. The summed E-state index contributed by atoms with van der Waals surface area (Å²) in [6.45, 7) is 5.36. The number of carbonyl (C=O) groups excluding carboxylic acids is 2. The zero-order valence-corrected chi connectivity index (χ0v) is 28.9. The summed E-state index contributed by atoms with van der Waals surface area (Å²) in [5, 5.41) is 12.4. The number of nitrogens with zero attached hydrogens (tertiary/aromatic N) is 1. The lowest BCUT2D eigenvalue weighted by Gasteiger charge is -2.31. The molecular formula is C39H53N5O5. The van der Waals surface area contributed by atoms with Gasteiger partial charge < -0.3 is 35.1 Å². The molecule has 3 amide bonds. The number of nitrogens with one attached hydrogen (secondary N) is 4. The van der Waals surface area contributed by atoms with Crippen molar-refractivity contribution >= 4 is 17.8 Å². The maximum absolute atomic E-state index is 12.7. The zero-order chi connectivity index (χ0) is 34.1. The topological polar surface area (TPSA) is 113 Å². The maximum atomic E-state index is 12.7. The predicted molar refractivity (Wildman–Crippen MR) is 194 cm³/mol. The van der Waals surface area contributed by atoms with Gasteiger partial charge in [0.1, 0.15) is 6.10 Å². The first-order valence-electron chi connectivity index (χ1n) is 18.0. The number of hydrogen-bond acceptors (Lipinski definition) is 7. The van der Waals surface area contributed by atoms with Gasteiger partial charge >= 0.3 is 12.1 Å². The highest BCUT2D eigenvalue weighted by Gasteiger charge is 2.23. The first-order valence-corrected chi connectivity index (χ1v) is 18.0. The van der Waals surface area contributed by atoms with Gasteiger partial charge in [-0.3, -0.25) is 5.32 Å². The molecule has 1 aliphatic carbocycles. The fourth-order valence-corrected chi connectivity index (χ4v) is 6.49. The molecule has 5 rings (SSSR count). The zero-order valence-electron chi connectivity index (χ0n) is 28.9. The minimum atomic E-state index is -0.427. The van der Waals surface area contributed by atoms with E-state index in [-0.39, 0.29) is 12.1 Å². The van der Waals surface area contributed by atoms with Gasteiger partial charge in [-0.25, -0.2) is 9.59 Å². The third kappa shape index (κ3) is 12.0. The van der Waals surface area contributed by atoms with Crippen molar-refractivity contribution in [2.45, 2.75) is 76.5 Å². The van der Waals surface area contributed by atoms with Crippen LogP contribution in [0.5, 0.6) is 11.5 Å². The summed E-state index contributed by atoms with van der Waals surface area (Å²) >= 11 is 0. The van der Waals surface area contributed by atoms with Crippen molar-refractivity contribution in [3.8, 4) is 22.6 Å². The quantitative estimate of drug-likeness (QED) is 0.115. The normalized spacial score (nSPS) is 15.4. The van der Waals surface area contributed by atoms with Crippen molar-refractivity contribution in [3.05, 3.63) is 78.4 Å². The van der Waals surface area contributed by atoms with Gasteiger partial charge in [-0.15, -0.1) is 0 Å². The molecule has 49 heavy (non-hydrogen) atoms. The van der Waals surface area contributed by atoms with Gasteiger partial charge in [0, 0.05) is 44.8 Å². The van der Waals surface area contributed by atoms with E-state index in [4.69, 9.17) is 14.2 Å². The number of piperidine rings is 1. The highest BCUT2D eigenvalue weighted by atomic mass is 16.6. The van der Waals surface area contributed by atoms with Gasteiger partial charge in [0.15, 0.2) is 11.5 Å². The van der Waals surface area contributed by atoms with Crippen molar-refractivity contribution in [1.29, 1.82) is 0 Å². The number of anilines is 1. The average Bonchev–Trinajstić information content (AvgIpc) is 3.64. The molecule has 1 saturated heterocycles.